The molecule has 1 N–H and O–H groups in total. The molecule has 3 fully saturated rings. The summed E-state index contributed by atoms with van der Waals surface area (Å²) in [5.74, 6) is -0.0483. The molecule has 154 valence electrons. The van der Waals surface area contributed by atoms with Gasteiger partial charge in [0.2, 0.25) is 15.9 Å². The number of nitrogens with zero attached hydrogens (tertiary/aromatic N) is 1. The van der Waals surface area contributed by atoms with E-state index < -0.39 is 27.5 Å². The Morgan fingerprint density at radius 1 is 1.32 bits per heavy atom. The topological polar surface area (TPSA) is 75.7 Å². The van der Waals surface area contributed by atoms with E-state index in [1.165, 1.54) is 35.3 Å². The van der Waals surface area contributed by atoms with Gasteiger partial charge in [-0.2, -0.15) is 4.31 Å². The highest BCUT2D eigenvalue weighted by molar-refractivity contribution is 7.89. The Hall–Kier alpha value is -1.51. The molecule has 3 aliphatic rings. The minimum atomic E-state index is -3.75. The maximum atomic E-state index is 13.5. The number of benzene rings is 1. The average molecular weight is 411 g/mol. The Morgan fingerprint density at radius 3 is 2.79 bits per heavy atom. The van der Waals surface area contributed by atoms with Crippen molar-refractivity contribution in [3.63, 3.8) is 0 Å². The molecular weight excluding hydrogens is 383 g/mol. The van der Waals surface area contributed by atoms with Crippen LogP contribution in [-0.2, 0) is 19.6 Å². The van der Waals surface area contributed by atoms with E-state index in [4.69, 9.17) is 4.74 Å². The first-order chi connectivity index (χ1) is 13.3. The molecule has 0 radical (unpaired) electrons. The van der Waals surface area contributed by atoms with E-state index in [0.29, 0.717) is 31.8 Å². The number of rotatable bonds is 5. The van der Waals surface area contributed by atoms with Crippen molar-refractivity contribution in [2.75, 3.05) is 19.6 Å². The second kappa shape index (κ2) is 7.39. The predicted octanol–water partition coefficient (Wildman–Crippen LogP) is 2.30. The molecule has 6 nitrogen and oxygen atoms in total. The maximum Gasteiger partial charge on any atom is 0.249 e. The van der Waals surface area contributed by atoms with Crippen LogP contribution in [0.1, 0.15) is 39.0 Å². The van der Waals surface area contributed by atoms with E-state index in [1.54, 1.807) is 0 Å². The minimum Gasteiger partial charge on any atom is -0.362 e. The van der Waals surface area contributed by atoms with Crippen molar-refractivity contribution >= 4 is 15.9 Å². The first kappa shape index (κ1) is 19.8. The van der Waals surface area contributed by atoms with Crippen molar-refractivity contribution in [1.29, 1.82) is 0 Å². The summed E-state index contributed by atoms with van der Waals surface area (Å²) >= 11 is 0. The number of carbonyl (C=O) groups is 1. The molecule has 1 spiro atoms. The highest BCUT2D eigenvalue weighted by Crippen LogP contribution is 2.43. The lowest BCUT2D eigenvalue weighted by Crippen LogP contribution is -2.53. The molecule has 0 aromatic heterocycles. The number of hydrogen-bond donors (Lipinski definition) is 1. The monoisotopic (exact) mass is 410 g/mol. The van der Waals surface area contributed by atoms with Crippen LogP contribution in [0.5, 0.6) is 0 Å². The summed E-state index contributed by atoms with van der Waals surface area (Å²) in [4.78, 5) is 12.3. The van der Waals surface area contributed by atoms with Gasteiger partial charge in [0.1, 0.15) is 11.9 Å². The highest BCUT2D eigenvalue weighted by atomic mass is 32.2. The zero-order valence-corrected chi connectivity index (χ0v) is 16.9. The number of carbonyl (C=O) groups excluding carboxylic acids is 1. The summed E-state index contributed by atoms with van der Waals surface area (Å²) in [7, 11) is -3.75. The summed E-state index contributed by atoms with van der Waals surface area (Å²) in [6.45, 7) is 3.30. The number of nitrogens with one attached hydrogen (secondary N) is 1. The second-order valence-electron chi connectivity index (χ2n) is 8.37. The molecule has 2 heterocycles. The predicted molar refractivity (Wildman–Crippen MR) is 102 cm³/mol. The highest BCUT2D eigenvalue weighted by Gasteiger charge is 2.50. The number of piperidine rings is 1. The van der Waals surface area contributed by atoms with Gasteiger partial charge in [-0.3, -0.25) is 4.79 Å². The van der Waals surface area contributed by atoms with E-state index in [0.717, 1.165) is 19.0 Å². The molecule has 1 saturated carbocycles. The van der Waals surface area contributed by atoms with Gasteiger partial charge >= 0.3 is 0 Å². The number of ether oxygens (including phenoxy) is 1. The van der Waals surface area contributed by atoms with E-state index >= 15 is 0 Å². The molecule has 1 amide bonds. The van der Waals surface area contributed by atoms with Crippen molar-refractivity contribution in [1.82, 2.24) is 9.62 Å². The number of hydrogen-bond acceptors (Lipinski definition) is 4. The third-order valence-corrected chi connectivity index (χ3v) is 8.22. The van der Waals surface area contributed by atoms with Crippen LogP contribution in [0.2, 0.25) is 0 Å². The molecule has 4 rings (SSSR count). The van der Waals surface area contributed by atoms with Gasteiger partial charge in [-0.05, 0) is 62.1 Å². The van der Waals surface area contributed by atoms with Gasteiger partial charge in [-0.25, -0.2) is 12.8 Å². The van der Waals surface area contributed by atoms with Crippen molar-refractivity contribution in [2.45, 2.75) is 55.6 Å². The lowest BCUT2D eigenvalue weighted by atomic mass is 9.81. The fraction of sp³-hybridized carbons (Fsp3) is 0.650. The van der Waals surface area contributed by atoms with Gasteiger partial charge in [-0.15, -0.1) is 0 Å². The second-order valence-corrected chi connectivity index (χ2v) is 10.3. The van der Waals surface area contributed by atoms with E-state index in [-0.39, 0.29) is 16.7 Å². The van der Waals surface area contributed by atoms with Gasteiger partial charge in [0, 0.05) is 19.6 Å². The molecule has 1 aromatic carbocycles. The fourth-order valence-electron chi connectivity index (χ4n) is 4.31. The Kier molecular flexibility index (Phi) is 5.22. The first-order valence-corrected chi connectivity index (χ1v) is 11.5. The Morgan fingerprint density at radius 2 is 2.11 bits per heavy atom. The first-order valence-electron chi connectivity index (χ1n) is 10.0. The van der Waals surface area contributed by atoms with Crippen molar-refractivity contribution < 1.29 is 22.3 Å². The van der Waals surface area contributed by atoms with Gasteiger partial charge in [0.25, 0.3) is 0 Å². The van der Waals surface area contributed by atoms with Gasteiger partial charge in [0.15, 0.2) is 0 Å². The molecule has 2 aliphatic heterocycles. The van der Waals surface area contributed by atoms with E-state index in [1.807, 2.05) is 6.92 Å². The van der Waals surface area contributed by atoms with Crippen LogP contribution in [0.25, 0.3) is 0 Å². The largest absolute Gasteiger partial charge is 0.362 e. The van der Waals surface area contributed by atoms with Crippen LogP contribution >= 0.6 is 0 Å². The van der Waals surface area contributed by atoms with E-state index in [9.17, 15) is 17.6 Å². The Balaban J connectivity index is 1.40. The number of sulfonamides is 1. The molecular formula is C20H27FN2O4S. The molecule has 1 aromatic rings. The zero-order valence-electron chi connectivity index (χ0n) is 16.1. The van der Waals surface area contributed by atoms with Crippen LogP contribution in [-0.4, -0.2) is 50.0 Å². The molecule has 28 heavy (non-hydrogen) atoms. The summed E-state index contributed by atoms with van der Waals surface area (Å²) in [6, 6.07) is 5.10. The average Bonchev–Trinajstić information content (AvgIpc) is 3.40. The molecule has 1 unspecified atom stereocenters. The summed E-state index contributed by atoms with van der Waals surface area (Å²) in [6.07, 6.45) is 3.87. The van der Waals surface area contributed by atoms with Crippen LogP contribution in [0, 0.1) is 17.7 Å². The van der Waals surface area contributed by atoms with Crippen molar-refractivity contribution in [3.8, 4) is 0 Å². The summed E-state index contributed by atoms with van der Waals surface area (Å²) < 4.78 is 46.8. The summed E-state index contributed by atoms with van der Waals surface area (Å²) in [5.41, 5.74) is -0.463. The molecule has 0 bridgehead atoms. The summed E-state index contributed by atoms with van der Waals surface area (Å²) in [5, 5.41) is 2.98. The maximum absolute atomic E-state index is 13.5. The van der Waals surface area contributed by atoms with Gasteiger partial charge in [-0.1, -0.05) is 13.0 Å². The molecule has 2 saturated heterocycles. The number of halogens is 1. The quantitative estimate of drug-likeness (QED) is 0.808. The minimum absolute atomic E-state index is 0.0275. The molecule has 8 heteroatoms. The Labute approximate surface area is 165 Å². The van der Waals surface area contributed by atoms with Gasteiger partial charge in [0.05, 0.1) is 10.5 Å². The lowest BCUT2D eigenvalue weighted by molar-refractivity contribution is -0.145. The zero-order chi connectivity index (χ0) is 19.9. The van der Waals surface area contributed by atoms with Crippen LogP contribution in [0.3, 0.4) is 0 Å². The van der Waals surface area contributed by atoms with Gasteiger partial charge < -0.3 is 10.1 Å². The van der Waals surface area contributed by atoms with Crippen LogP contribution in [0.15, 0.2) is 29.2 Å². The lowest BCUT2D eigenvalue weighted by Gasteiger charge is -2.43. The standard InChI is InChI=1S/C20H27FN2O4S/c1-14-13-23(28(25,26)17-4-2-3-16(21)11-17)10-9-20(14)8-7-18(27-20)19(24)22-12-15-5-6-15/h2-4,11,14-15,18H,5-10,12-13H2,1H3,(H,22,24)/t14-,18?,20+/m0/s1. The van der Waals surface area contributed by atoms with Crippen LogP contribution in [0.4, 0.5) is 4.39 Å². The molecule has 3 atom stereocenters. The van der Waals surface area contributed by atoms with E-state index in [2.05, 4.69) is 5.32 Å². The van der Waals surface area contributed by atoms with Crippen LogP contribution < -0.4 is 5.32 Å². The van der Waals surface area contributed by atoms with Crippen molar-refractivity contribution in [2.24, 2.45) is 11.8 Å². The molecule has 1 aliphatic carbocycles. The SMILES string of the molecule is C[C@H]1CN(S(=O)(=O)c2cccc(F)c2)CC[C@]12CCC(C(=O)NCC1CC1)O2. The third kappa shape index (κ3) is 3.82. The Bertz CT molecular complexity index is 858. The smallest absolute Gasteiger partial charge is 0.249 e. The third-order valence-electron chi connectivity index (χ3n) is 6.35. The van der Waals surface area contributed by atoms with Crippen molar-refractivity contribution in [3.05, 3.63) is 30.1 Å². The fourth-order valence-corrected chi connectivity index (χ4v) is 5.87. The normalized spacial score (nSPS) is 31.2. The number of amides is 1.